The number of hydrogen-bond acceptors (Lipinski definition) is 0. The van der Waals surface area contributed by atoms with Crippen molar-refractivity contribution in [2.75, 3.05) is 0 Å². The SMILES string of the molecule is FC1=C[C@H]2CC[C@@H](C2)[C@H]1Cl. The molecule has 0 nitrogen and oxygen atoms in total. The number of allylic oxidation sites excluding steroid dienone is 2. The molecule has 1 saturated carbocycles. The zero-order chi connectivity index (χ0) is 7.14. The third-order valence-corrected chi connectivity index (χ3v) is 3.15. The second-order valence-electron chi connectivity index (χ2n) is 3.29. The number of rotatable bonds is 0. The second-order valence-corrected chi connectivity index (χ2v) is 3.76. The minimum Gasteiger partial charge on any atom is -0.211 e. The van der Waals surface area contributed by atoms with Gasteiger partial charge in [0.25, 0.3) is 0 Å². The van der Waals surface area contributed by atoms with Crippen molar-refractivity contribution in [2.45, 2.75) is 24.6 Å². The lowest BCUT2D eigenvalue weighted by atomic mass is 9.94. The summed E-state index contributed by atoms with van der Waals surface area (Å²) < 4.78 is 12.8. The Kier molecular flexibility index (Phi) is 1.48. The third-order valence-electron chi connectivity index (χ3n) is 2.59. The minimum atomic E-state index is -0.307. The smallest absolute Gasteiger partial charge is 0.114 e. The van der Waals surface area contributed by atoms with Crippen LogP contribution >= 0.6 is 11.6 Å². The Labute approximate surface area is 65.1 Å². The largest absolute Gasteiger partial charge is 0.211 e. The third kappa shape index (κ3) is 0.878. The topological polar surface area (TPSA) is 0 Å². The molecule has 0 aliphatic heterocycles. The van der Waals surface area contributed by atoms with E-state index in [0.29, 0.717) is 11.8 Å². The lowest BCUT2D eigenvalue weighted by Gasteiger charge is -2.19. The fourth-order valence-corrected chi connectivity index (χ4v) is 2.31. The van der Waals surface area contributed by atoms with Crippen LogP contribution in [0.5, 0.6) is 0 Å². The molecule has 0 aromatic heterocycles. The van der Waals surface area contributed by atoms with Crippen LogP contribution in [-0.4, -0.2) is 5.38 Å². The molecule has 2 aliphatic rings. The molecule has 0 aromatic carbocycles. The van der Waals surface area contributed by atoms with E-state index in [1.165, 1.54) is 0 Å². The Morgan fingerprint density at radius 3 is 3.10 bits per heavy atom. The van der Waals surface area contributed by atoms with Crippen molar-refractivity contribution in [1.82, 2.24) is 0 Å². The van der Waals surface area contributed by atoms with Gasteiger partial charge in [-0.15, -0.1) is 11.6 Å². The predicted octanol–water partition coefficient (Wildman–Crippen LogP) is 2.88. The maximum absolute atomic E-state index is 12.8. The summed E-state index contributed by atoms with van der Waals surface area (Å²) in [6.07, 6.45) is 5.08. The highest BCUT2D eigenvalue weighted by Gasteiger charge is 2.35. The monoisotopic (exact) mass is 160 g/mol. The lowest BCUT2D eigenvalue weighted by Crippen LogP contribution is -2.16. The number of alkyl halides is 1. The molecule has 2 heteroatoms. The van der Waals surface area contributed by atoms with Crippen molar-refractivity contribution >= 4 is 11.6 Å². The first kappa shape index (κ1) is 6.66. The van der Waals surface area contributed by atoms with Crippen LogP contribution in [-0.2, 0) is 0 Å². The number of fused-ring (bicyclic) bond motifs is 2. The molecule has 2 bridgehead atoms. The maximum atomic E-state index is 12.8. The summed E-state index contributed by atoms with van der Waals surface area (Å²) in [7, 11) is 0. The molecule has 1 fully saturated rings. The van der Waals surface area contributed by atoms with E-state index in [-0.39, 0.29) is 11.2 Å². The molecule has 2 rings (SSSR count). The van der Waals surface area contributed by atoms with Crippen LogP contribution in [0.15, 0.2) is 11.9 Å². The molecule has 10 heavy (non-hydrogen) atoms. The summed E-state index contributed by atoms with van der Waals surface area (Å²) in [6, 6.07) is 0. The van der Waals surface area contributed by atoms with E-state index in [4.69, 9.17) is 11.6 Å². The van der Waals surface area contributed by atoms with Crippen LogP contribution in [0.3, 0.4) is 0 Å². The number of halogens is 2. The molecule has 0 saturated heterocycles. The molecule has 0 unspecified atom stereocenters. The molecule has 56 valence electrons. The second kappa shape index (κ2) is 2.23. The van der Waals surface area contributed by atoms with Crippen LogP contribution in [0.2, 0.25) is 0 Å². The molecule has 0 radical (unpaired) electrons. The fourth-order valence-electron chi connectivity index (χ4n) is 2.01. The van der Waals surface area contributed by atoms with E-state index in [1.54, 1.807) is 6.08 Å². The minimum absolute atomic E-state index is 0.0829. The van der Waals surface area contributed by atoms with Crippen LogP contribution in [0.1, 0.15) is 19.3 Å². The van der Waals surface area contributed by atoms with E-state index in [2.05, 4.69) is 0 Å². The molecular weight excluding hydrogens is 151 g/mol. The summed E-state index contributed by atoms with van der Waals surface area (Å²) in [5.41, 5.74) is 0. The van der Waals surface area contributed by atoms with Gasteiger partial charge in [-0.05, 0) is 37.2 Å². The first-order valence-corrected chi connectivity index (χ1v) is 4.22. The van der Waals surface area contributed by atoms with Crippen LogP contribution in [0.4, 0.5) is 4.39 Å². The number of hydrogen-bond donors (Lipinski definition) is 0. The summed E-state index contributed by atoms with van der Waals surface area (Å²) >= 11 is 5.82. The predicted molar refractivity (Wildman–Crippen MR) is 39.7 cm³/mol. The van der Waals surface area contributed by atoms with Crippen molar-refractivity contribution in [3.63, 3.8) is 0 Å². The Balaban J connectivity index is 2.25. The van der Waals surface area contributed by atoms with E-state index < -0.39 is 0 Å². The quantitative estimate of drug-likeness (QED) is 0.478. The molecule has 0 heterocycles. The first-order valence-electron chi connectivity index (χ1n) is 3.78. The van der Waals surface area contributed by atoms with Gasteiger partial charge in [-0.2, -0.15) is 0 Å². The van der Waals surface area contributed by atoms with Gasteiger partial charge in [0.2, 0.25) is 0 Å². The Morgan fingerprint density at radius 1 is 1.50 bits per heavy atom. The molecule has 0 spiro atoms. The maximum Gasteiger partial charge on any atom is 0.114 e. The van der Waals surface area contributed by atoms with Gasteiger partial charge >= 0.3 is 0 Å². The zero-order valence-electron chi connectivity index (χ0n) is 5.69. The molecule has 0 amide bonds. The Bertz CT molecular complexity index is 176. The molecular formula is C8H10ClF. The van der Waals surface area contributed by atoms with Crippen molar-refractivity contribution in [3.8, 4) is 0 Å². The van der Waals surface area contributed by atoms with Crippen LogP contribution < -0.4 is 0 Å². The van der Waals surface area contributed by atoms with Gasteiger partial charge < -0.3 is 0 Å². The Morgan fingerprint density at radius 2 is 2.30 bits per heavy atom. The highest BCUT2D eigenvalue weighted by atomic mass is 35.5. The Hall–Kier alpha value is -0.0400. The van der Waals surface area contributed by atoms with Crippen molar-refractivity contribution in [2.24, 2.45) is 11.8 Å². The van der Waals surface area contributed by atoms with Crippen molar-refractivity contribution in [1.29, 1.82) is 0 Å². The van der Waals surface area contributed by atoms with E-state index in [1.807, 2.05) is 0 Å². The average Bonchev–Trinajstić information content (AvgIpc) is 2.29. The van der Waals surface area contributed by atoms with Gasteiger partial charge in [0.1, 0.15) is 5.83 Å². The summed E-state index contributed by atoms with van der Waals surface area (Å²) in [5, 5.41) is -0.307. The zero-order valence-corrected chi connectivity index (χ0v) is 6.44. The van der Waals surface area contributed by atoms with Gasteiger partial charge in [-0.25, -0.2) is 4.39 Å². The molecule has 2 aliphatic carbocycles. The first-order chi connectivity index (χ1) is 4.77. The van der Waals surface area contributed by atoms with Gasteiger partial charge in [-0.1, -0.05) is 0 Å². The fraction of sp³-hybridized carbons (Fsp3) is 0.750. The standard InChI is InChI=1S/C8H10ClF/c9-8-6-2-1-5(3-6)4-7(8)10/h4-6,8H,1-3H2/t5-,6-,8+/m0/s1. The molecule has 0 aromatic rings. The average molecular weight is 161 g/mol. The summed E-state index contributed by atoms with van der Waals surface area (Å²) in [4.78, 5) is 0. The van der Waals surface area contributed by atoms with Gasteiger partial charge in [0, 0.05) is 0 Å². The highest BCUT2D eigenvalue weighted by molar-refractivity contribution is 6.22. The van der Waals surface area contributed by atoms with Crippen LogP contribution in [0, 0.1) is 11.8 Å². The highest BCUT2D eigenvalue weighted by Crippen LogP contribution is 2.43. The van der Waals surface area contributed by atoms with Crippen molar-refractivity contribution < 1.29 is 4.39 Å². The summed E-state index contributed by atoms with van der Waals surface area (Å²) in [5.74, 6) is 0.845. The van der Waals surface area contributed by atoms with E-state index >= 15 is 0 Å². The molecule has 3 atom stereocenters. The lowest BCUT2D eigenvalue weighted by molar-refractivity contribution is 0.437. The van der Waals surface area contributed by atoms with Crippen LogP contribution in [0.25, 0.3) is 0 Å². The van der Waals surface area contributed by atoms with Gasteiger partial charge in [0.15, 0.2) is 0 Å². The molecule has 0 N–H and O–H groups in total. The summed E-state index contributed by atoms with van der Waals surface area (Å²) in [6.45, 7) is 0. The van der Waals surface area contributed by atoms with Gasteiger partial charge in [-0.3, -0.25) is 0 Å². The van der Waals surface area contributed by atoms with E-state index in [0.717, 1.165) is 19.3 Å². The van der Waals surface area contributed by atoms with Gasteiger partial charge in [0.05, 0.1) is 5.38 Å². The normalized spacial score (nSPS) is 45.4. The van der Waals surface area contributed by atoms with E-state index in [9.17, 15) is 4.39 Å². The van der Waals surface area contributed by atoms with Crippen molar-refractivity contribution in [3.05, 3.63) is 11.9 Å².